The summed E-state index contributed by atoms with van der Waals surface area (Å²) in [5.74, 6) is 0.808. The summed E-state index contributed by atoms with van der Waals surface area (Å²) < 4.78 is 11.7. The lowest BCUT2D eigenvalue weighted by atomic mass is 10.2. The van der Waals surface area contributed by atoms with Crippen molar-refractivity contribution in [3.8, 4) is 5.75 Å². The van der Waals surface area contributed by atoms with Gasteiger partial charge < -0.3 is 19.3 Å². The molecule has 0 spiro atoms. The topological polar surface area (TPSA) is 42.0 Å². The van der Waals surface area contributed by atoms with Gasteiger partial charge in [-0.25, -0.2) is 4.79 Å². The summed E-state index contributed by atoms with van der Waals surface area (Å²) >= 11 is 3.47. The highest BCUT2D eigenvalue weighted by molar-refractivity contribution is 9.10. The van der Waals surface area contributed by atoms with Crippen molar-refractivity contribution in [2.75, 3.05) is 38.2 Å². The second-order valence-corrected chi connectivity index (χ2v) is 6.69. The van der Waals surface area contributed by atoms with Gasteiger partial charge in [-0.15, -0.1) is 0 Å². The number of nitrogens with zero attached hydrogens (tertiary/aromatic N) is 2. The maximum atomic E-state index is 12.2. The van der Waals surface area contributed by atoms with Crippen LogP contribution in [0.2, 0.25) is 0 Å². The van der Waals surface area contributed by atoms with E-state index in [0.29, 0.717) is 19.7 Å². The Labute approximate surface area is 156 Å². The van der Waals surface area contributed by atoms with E-state index in [-0.39, 0.29) is 6.09 Å². The van der Waals surface area contributed by atoms with E-state index in [9.17, 15) is 4.79 Å². The van der Waals surface area contributed by atoms with Gasteiger partial charge in [0.2, 0.25) is 0 Å². The van der Waals surface area contributed by atoms with E-state index in [1.54, 1.807) is 12.0 Å². The van der Waals surface area contributed by atoms with Gasteiger partial charge in [-0.05, 0) is 33.6 Å². The number of methoxy groups -OCH3 is 1. The van der Waals surface area contributed by atoms with Gasteiger partial charge in [0, 0.05) is 37.9 Å². The molecule has 0 N–H and O–H groups in total. The second-order valence-electron chi connectivity index (χ2n) is 5.83. The Kier molecular flexibility index (Phi) is 5.81. The van der Waals surface area contributed by atoms with Crippen LogP contribution in [0.1, 0.15) is 5.56 Å². The van der Waals surface area contributed by atoms with E-state index < -0.39 is 0 Å². The van der Waals surface area contributed by atoms with E-state index in [0.717, 1.165) is 34.6 Å². The summed E-state index contributed by atoms with van der Waals surface area (Å²) in [5.41, 5.74) is 2.09. The number of rotatable bonds is 4. The monoisotopic (exact) mass is 404 g/mol. The van der Waals surface area contributed by atoms with Gasteiger partial charge in [0.15, 0.2) is 0 Å². The Morgan fingerprint density at radius 3 is 2.48 bits per heavy atom. The maximum absolute atomic E-state index is 12.2. The van der Waals surface area contributed by atoms with Crippen LogP contribution in [0.3, 0.4) is 0 Å². The van der Waals surface area contributed by atoms with Gasteiger partial charge in [-0.1, -0.05) is 30.3 Å². The molecule has 0 radical (unpaired) electrons. The molecule has 0 unspecified atom stereocenters. The van der Waals surface area contributed by atoms with Crippen LogP contribution >= 0.6 is 15.9 Å². The molecule has 0 aliphatic carbocycles. The fraction of sp³-hybridized carbons (Fsp3) is 0.316. The fourth-order valence-corrected chi connectivity index (χ4v) is 3.21. The zero-order valence-corrected chi connectivity index (χ0v) is 15.7. The van der Waals surface area contributed by atoms with E-state index in [2.05, 4.69) is 26.9 Å². The van der Waals surface area contributed by atoms with Crippen LogP contribution < -0.4 is 9.64 Å². The predicted molar refractivity (Wildman–Crippen MR) is 101 cm³/mol. The highest BCUT2D eigenvalue weighted by atomic mass is 79.9. The highest BCUT2D eigenvalue weighted by Crippen LogP contribution is 2.30. The molecule has 1 fully saturated rings. The first-order valence-corrected chi connectivity index (χ1v) is 9.01. The van der Waals surface area contributed by atoms with E-state index in [1.807, 2.05) is 42.5 Å². The standard InChI is InChI=1S/C19H21BrN2O3/c1-24-18-13-16(7-8-17(18)20)21-9-11-22(12-10-21)19(23)25-14-15-5-3-2-4-6-15/h2-8,13H,9-12,14H2,1H3. The zero-order chi connectivity index (χ0) is 17.6. The van der Waals surface area contributed by atoms with Crippen molar-refractivity contribution in [1.82, 2.24) is 4.90 Å². The molecule has 6 heteroatoms. The minimum Gasteiger partial charge on any atom is -0.495 e. The molecule has 1 aliphatic rings. The van der Waals surface area contributed by atoms with Crippen molar-refractivity contribution in [3.63, 3.8) is 0 Å². The molecular weight excluding hydrogens is 384 g/mol. The largest absolute Gasteiger partial charge is 0.495 e. The van der Waals surface area contributed by atoms with Crippen molar-refractivity contribution in [1.29, 1.82) is 0 Å². The molecule has 3 rings (SSSR count). The SMILES string of the molecule is COc1cc(N2CCN(C(=O)OCc3ccccc3)CC2)ccc1Br. The molecule has 1 saturated heterocycles. The lowest BCUT2D eigenvalue weighted by Crippen LogP contribution is -2.48. The maximum Gasteiger partial charge on any atom is 0.410 e. The number of hydrogen-bond donors (Lipinski definition) is 0. The van der Waals surface area contributed by atoms with Crippen molar-refractivity contribution in [2.24, 2.45) is 0 Å². The molecule has 0 aromatic heterocycles. The second kappa shape index (κ2) is 8.25. The minimum atomic E-state index is -0.253. The molecule has 0 bridgehead atoms. The Balaban J connectivity index is 1.52. The smallest absolute Gasteiger partial charge is 0.410 e. The Hall–Kier alpha value is -2.21. The first-order chi connectivity index (χ1) is 12.2. The quantitative estimate of drug-likeness (QED) is 0.774. The van der Waals surface area contributed by atoms with Crippen molar-refractivity contribution >= 4 is 27.7 Å². The predicted octanol–water partition coefficient (Wildman–Crippen LogP) is 3.92. The number of ether oxygens (including phenoxy) is 2. The molecule has 5 nitrogen and oxygen atoms in total. The number of benzene rings is 2. The van der Waals surface area contributed by atoms with Crippen LogP contribution in [0.15, 0.2) is 53.0 Å². The Morgan fingerprint density at radius 1 is 1.08 bits per heavy atom. The number of piperazine rings is 1. The molecule has 1 heterocycles. The van der Waals surface area contributed by atoms with Crippen LogP contribution in [0.4, 0.5) is 10.5 Å². The van der Waals surface area contributed by atoms with Gasteiger partial charge in [0.25, 0.3) is 0 Å². The van der Waals surface area contributed by atoms with Crippen molar-refractivity contribution in [2.45, 2.75) is 6.61 Å². The summed E-state index contributed by atoms with van der Waals surface area (Å²) in [7, 11) is 1.66. The third-order valence-electron chi connectivity index (χ3n) is 4.24. The van der Waals surface area contributed by atoms with Crippen molar-refractivity contribution in [3.05, 3.63) is 58.6 Å². The van der Waals surface area contributed by atoms with E-state index in [4.69, 9.17) is 9.47 Å². The highest BCUT2D eigenvalue weighted by Gasteiger charge is 2.22. The number of carbonyl (C=O) groups excluding carboxylic acids is 1. The van der Waals surface area contributed by atoms with E-state index >= 15 is 0 Å². The number of amides is 1. The van der Waals surface area contributed by atoms with Crippen molar-refractivity contribution < 1.29 is 14.3 Å². The van der Waals surface area contributed by atoms with Crippen LogP contribution in [-0.4, -0.2) is 44.3 Å². The molecular formula is C19H21BrN2O3. The average molecular weight is 405 g/mol. The zero-order valence-electron chi connectivity index (χ0n) is 14.2. The molecule has 2 aromatic rings. The lowest BCUT2D eigenvalue weighted by Gasteiger charge is -2.35. The Bertz CT molecular complexity index is 716. The molecule has 0 atom stereocenters. The van der Waals surface area contributed by atoms with Gasteiger partial charge >= 0.3 is 6.09 Å². The van der Waals surface area contributed by atoms with E-state index in [1.165, 1.54) is 0 Å². The number of hydrogen-bond acceptors (Lipinski definition) is 4. The molecule has 0 saturated carbocycles. The molecule has 132 valence electrons. The summed E-state index contributed by atoms with van der Waals surface area (Å²) in [6.45, 7) is 3.14. The minimum absolute atomic E-state index is 0.253. The Morgan fingerprint density at radius 2 is 1.80 bits per heavy atom. The fourth-order valence-electron chi connectivity index (χ4n) is 2.80. The van der Waals surface area contributed by atoms with Crippen LogP contribution in [0.25, 0.3) is 0 Å². The molecule has 1 amide bonds. The normalized spacial score (nSPS) is 14.3. The van der Waals surface area contributed by atoms with Gasteiger partial charge in [-0.3, -0.25) is 0 Å². The van der Waals surface area contributed by atoms with Gasteiger partial charge in [-0.2, -0.15) is 0 Å². The van der Waals surface area contributed by atoms with Crippen LogP contribution in [-0.2, 0) is 11.3 Å². The number of carbonyl (C=O) groups is 1. The lowest BCUT2D eigenvalue weighted by molar-refractivity contribution is 0.0942. The first kappa shape index (κ1) is 17.6. The molecule has 1 aliphatic heterocycles. The third-order valence-corrected chi connectivity index (χ3v) is 4.90. The molecule has 2 aromatic carbocycles. The van der Waals surface area contributed by atoms with Gasteiger partial charge in [0.1, 0.15) is 12.4 Å². The summed E-state index contributed by atoms with van der Waals surface area (Å²) in [6, 6.07) is 15.8. The van der Waals surface area contributed by atoms with Gasteiger partial charge in [0.05, 0.1) is 11.6 Å². The number of halogens is 1. The van der Waals surface area contributed by atoms with Crippen LogP contribution in [0.5, 0.6) is 5.75 Å². The number of anilines is 1. The first-order valence-electron chi connectivity index (χ1n) is 8.21. The third kappa shape index (κ3) is 4.45. The summed E-state index contributed by atoms with van der Waals surface area (Å²) in [4.78, 5) is 16.2. The summed E-state index contributed by atoms with van der Waals surface area (Å²) in [6.07, 6.45) is -0.253. The molecule has 25 heavy (non-hydrogen) atoms. The summed E-state index contributed by atoms with van der Waals surface area (Å²) in [5, 5.41) is 0. The average Bonchev–Trinajstić information content (AvgIpc) is 2.67. The van der Waals surface area contributed by atoms with Crippen LogP contribution in [0, 0.1) is 0 Å².